The number of hydrogen-bond donors (Lipinski definition) is 3. The van der Waals surface area contributed by atoms with Gasteiger partial charge in [0.05, 0.1) is 6.10 Å². The molecule has 7 heteroatoms. The van der Waals surface area contributed by atoms with Crippen molar-refractivity contribution in [2.45, 2.75) is 19.1 Å². The summed E-state index contributed by atoms with van der Waals surface area (Å²) in [6, 6.07) is 11.6. The SMILES string of the molecule is CNC(=O)C[C@@H]1CN(C(=O)NCc2ccc(-c3ccncc3)cc2)C[C@H]1O. The molecule has 0 spiro atoms. The minimum atomic E-state index is -0.673. The van der Waals surface area contributed by atoms with Crippen LogP contribution < -0.4 is 10.6 Å². The second-order valence-electron chi connectivity index (χ2n) is 6.70. The zero-order chi connectivity index (χ0) is 19.2. The molecule has 3 amide bonds. The predicted octanol–water partition coefficient (Wildman–Crippen LogP) is 1.39. The Kier molecular flexibility index (Phi) is 6.03. The maximum Gasteiger partial charge on any atom is 0.317 e. The highest BCUT2D eigenvalue weighted by molar-refractivity contribution is 5.77. The van der Waals surface area contributed by atoms with Crippen LogP contribution in [0.2, 0.25) is 0 Å². The van der Waals surface area contributed by atoms with E-state index in [2.05, 4.69) is 15.6 Å². The Balaban J connectivity index is 1.51. The molecule has 0 unspecified atom stereocenters. The quantitative estimate of drug-likeness (QED) is 0.743. The molecule has 1 saturated heterocycles. The van der Waals surface area contributed by atoms with Crippen molar-refractivity contribution in [3.63, 3.8) is 0 Å². The summed E-state index contributed by atoms with van der Waals surface area (Å²) >= 11 is 0. The van der Waals surface area contributed by atoms with Gasteiger partial charge in [-0.25, -0.2) is 4.79 Å². The van der Waals surface area contributed by atoms with Crippen LogP contribution >= 0.6 is 0 Å². The predicted molar refractivity (Wildman–Crippen MR) is 102 cm³/mol. The number of carbonyl (C=O) groups is 2. The van der Waals surface area contributed by atoms with Gasteiger partial charge in [0.25, 0.3) is 0 Å². The van der Waals surface area contributed by atoms with Crippen LogP contribution in [0.1, 0.15) is 12.0 Å². The van der Waals surface area contributed by atoms with Crippen molar-refractivity contribution in [3.05, 3.63) is 54.4 Å². The number of rotatable bonds is 5. The van der Waals surface area contributed by atoms with E-state index in [4.69, 9.17) is 0 Å². The van der Waals surface area contributed by atoms with Crippen LogP contribution in [0.4, 0.5) is 4.79 Å². The minimum Gasteiger partial charge on any atom is -0.391 e. The first-order valence-electron chi connectivity index (χ1n) is 8.97. The van der Waals surface area contributed by atoms with Gasteiger partial charge in [-0.1, -0.05) is 24.3 Å². The lowest BCUT2D eigenvalue weighted by Gasteiger charge is -2.17. The van der Waals surface area contributed by atoms with E-state index in [0.717, 1.165) is 16.7 Å². The van der Waals surface area contributed by atoms with Crippen molar-refractivity contribution in [2.24, 2.45) is 5.92 Å². The van der Waals surface area contributed by atoms with E-state index in [1.54, 1.807) is 24.3 Å². The molecule has 1 aromatic heterocycles. The Morgan fingerprint density at radius 1 is 1.11 bits per heavy atom. The van der Waals surface area contributed by atoms with Gasteiger partial charge in [-0.2, -0.15) is 0 Å². The Bertz CT molecular complexity index is 780. The molecule has 3 N–H and O–H groups in total. The standard InChI is InChI=1S/C20H24N4O3/c1-21-19(26)10-17-12-24(13-18(17)25)20(27)23-11-14-2-4-15(5-3-14)16-6-8-22-9-7-16/h2-9,17-18,25H,10-13H2,1H3,(H,21,26)(H,23,27)/t17-,18-/m1/s1. The number of β-amino-alcohol motifs (C(OH)–C–C–N with tert-alkyl or cyclic N) is 1. The second-order valence-corrected chi connectivity index (χ2v) is 6.70. The highest BCUT2D eigenvalue weighted by Crippen LogP contribution is 2.21. The lowest BCUT2D eigenvalue weighted by Crippen LogP contribution is -2.38. The molecule has 1 aliphatic heterocycles. The molecule has 2 heterocycles. The molecule has 0 saturated carbocycles. The third kappa shape index (κ3) is 4.83. The summed E-state index contributed by atoms with van der Waals surface area (Å²) in [6.45, 7) is 1.03. The van der Waals surface area contributed by atoms with Crippen LogP contribution in [-0.2, 0) is 11.3 Å². The number of nitrogens with one attached hydrogen (secondary N) is 2. The van der Waals surface area contributed by atoms with Gasteiger partial charge in [0.2, 0.25) is 5.91 Å². The summed E-state index contributed by atoms with van der Waals surface area (Å²) in [4.78, 5) is 29.4. The van der Waals surface area contributed by atoms with E-state index in [1.807, 2.05) is 36.4 Å². The van der Waals surface area contributed by atoms with E-state index < -0.39 is 6.10 Å². The van der Waals surface area contributed by atoms with Crippen molar-refractivity contribution >= 4 is 11.9 Å². The number of aliphatic hydroxyl groups is 1. The first kappa shape index (κ1) is 18.8. The van der Waals surface area contributed by atoms with Crippen molar-refractivity contribution in [2.75, 3.05) is 20.1 Å². The summed E-state index contributed by atoms with van der Waals surface area (Å²) < 4.78 is 0. The molecule has 1 fully saturated rings. The van der Waals surface area contributed by atoms with Crippen molar-refractivity contribution in [1.82, 2.24) is 20.5 Å². The Labute approximate surface area is 158 Å². The monoisotopic (exact) mass is 368 g/mol. The van der Waals surface area contributed by atoms with E-state index in [-0.39, 0.29) is 30.8 Å². The molecule has 2 aromatic rings. The average molecular weight is 368 g/mol. The molecule has 7 nitrogen and oxygen atoms in total. The van der Waals surface area contributed by atoms with Crippen molar-refractivity contribution in [1.29, 1.82) is 0 Å². The van der Waals surface area contributed by atoms with Gasteiger partial charge >= 0.3 is 6.03 Å². The summed E-state index contributed by atoms with van der Waals surface area (Å²) in [5.41, 5.74) is 3.17. The number of urea groups is 1. The summed E-state index contributed by atoms with van der Waals surface area (Å²) in [6.07, 6.45) is 3.06. The summed E-state index contributed by atoms with van der Waals surface area (Å²) in [5.74, 6) is -0.356. The number of aliphatic hydroxyl groups excluding tert-OH is 1. The van der Waals surface area contributed by atoms with Gasteiger partial charge < -0.3 is 20.6 Å². The van der Waals surface area contributed by atoms with Crippen LogP contribution in [0.25, 0.3) is 11.1 Å². The first-order valence-corrected chi connectivity index (χ1v) is 8.97. The normalized spacial score (nSPS) is 19.0. The van der Waals surface area contributed by atoms with Crippen molar-refractivity contribution in [3.8, 4) is 11.1 Å². The average Bonchev–Trinajstić information content (AvgIpc) is 3.07. The number of hydrogen-bond acceptors (Lipinski definition) is 4. The van der Waals surface area contributed by atoms with Crippen LogP contribution in [0.5, 0.6) is 0 Å². The molecule has 142 valence electrons. The number of nitrogens with zero attached hydrogens (tertiary/aromatic N) is 2. The maximum absolute atomic E-state index is 12.3. The second kappa shape index (κ2) is 8.64. The molecule has 1 aromatic carbocycles. The van der Waals surface area contributed by atoms with E-state index in [9.17, 15) is 14.7 Å². The number of benzene rings is 1. The third-order valence-electron chi connectivity index (χ3n) is 4.83. The van der Waals surface area contributed by atoms with Gasteiger partial charge in [-0.3, -0.25) is 9.78 Å². The molecule has 2 atom stereocenters. The van der Waals surface area contributed by atoms with Gasteiger partial charge in [-0.15, -0.1) is 0 Å². The fourth-order valence-electron chi connectivity index (χ4n) is 3.21. The molecule has 0 radical (unpaired) electrons. The van der Waals surface area contributed by atoms with Crippen molar-refractivity contribution < 1.29 is 14.7 Å². The van der Waals surface area contributed by atoms with E-state index in [0.29, 0.717) is 13.1 Å². The topological polar surface area (TPSA) is 94.6 Å². The molecular formula is C20H24N4O3. The van der Waals surface area contributed by atoms with E-state index in [1.165, 1.54) is 0 Å². The zero-order valence-electron chi connectivity index (χ0n) is 15.3. The van der Waals surface area contributed by atoms with E-state index >= 15 is 0 Å². The fraction of sp³-hybridized carbons (Fsp3) is 0.350. The number of pyridine rings is 1. The molecule has 0 bridgehead atoms. The smallest absolute Gasteiger partial charge is 0.317 e. The largest absolute Gasteiger partial charge is 0.391 e. The lowest BCUT2D eigenvalue weighted by atomic mass is 10.0. The summed E-state index contributed by atoms with van der Waals surface area (Å²) in [7, 11) is 1.56. The van der Waals surface area contributed by atoms with Crippen LogP contribution in [0, 0.1) is 5.92 Å². The fourth-order valence-corrected chi connectivity index (χ4v) is 3.21. The van der Waals surface area contributed by atoms with Crippen LogP contribution in [0.15, 0.2) is 48.8 Å². The minimum absolute atomic E-state index is 0.129. The maximum atomic E-state index is 12.3. The first-order chi connectivity index (χ1) is 13.1. The lowest BCUT2D eigenvalue weighted by molar-refractivity contribution is -0.122. The van der Waals surface area contributed by atoms with Crippen LogP contribution in [0.3, 0.4) is 0 Å². The Morgan fingerprint density at radius 2 is 1.78 bits per heavy atom. The highest BCUT2D eigenvalue weighted by atomic mass is 16.3. The molecule has 0 aliphatic carbocycles. The molecule has 3 rings (SSSR count). The highest BCUT2D eigenvalue weighted by Gasteiger charge is 2.34. The number of amides is 3. The number of likely N-dealkylation sites (tertiary alicyclic amines) is 1. The van der Waals surface area contributed by atoms with Gasteiger partial charge in [0, 0.05) is 51.4 Å². The van der Waals surface area contributed by atoms with Crippen LogP contribution in [-0.4, -0.2) is 53.2 Å². The number of carbonyl (C=O) groups excluding carboxylic acids is 2. The molecule has 27 heavy (non-hydrogen) atoms. The number of aromatic nitrogens is 1. The summed E-state index contributed by atoms with van der Waals surface area (Å²) in [5, 5.41) is 15.5. The molecule has 1 aliphatic rings. The third-order valence-corrected chi connectivity index (χ3v) is 4.83. The Hall–Kier alpha value is -2.93. The molecular weight excluding hydrogens is 344 g/mol. The zero-order valence-corrected chi connectivity index (χ0v) is 15.3. The Morgan fingerprint density at radius 3 is 2.44 bits per heavy atom. The van der Waals surface area contributed by atoms with Gasteiger partial charge in [-0.05, 0) is 28.8 Å². The van der Waals surface area contributed by atoms with Gasteiger partial charge in [0.1, 0.15) is 0 Å². The van der Waals surface area contributed by atoms with Gasteiger partial charge in [0.15, 0.2) is 0 Å².